The molecule has 9 rings (SSSR count). The molecule has 5 aromatic heterocycles. The first-order valence-corrected chi connectivity index (χ1v) is 27.5. The molecular formula is C63H100N6O6. The maximum atomic E-state index is 5.38. The van der Waals surface area contributed by atoms with Gasteiger partial charge in [0.05, 0.1) is 31.6 Å². The monoisotopic (exact) mass is 1040 g/mol. The average molecular weight is 1040 g/mol. The third-order valence-electron chi connectivity index (χ3n) is 12.1. The molecule has 418 valence electrons. The maximum absolute atomic E-state index is 5.38. The first-order chi connectivity index (χ1) is 35.6. The predicted molar refractivity (Wildman–Crippen MR) is 308 cm³/mol. The van der Waals surface area contributed by atoms with E-state index in [9.17, 15) is 0 Å². The molecule has 3 fully saturated rings. The van der Waals surface area contributed by atoms with E-state index < -0.39 is 0 Å². The average Bonchev–Trinajstić information content (AvgIpc) is 4.19. The highest BCUT2D eigenvalue weighted by molar-refractivity contribution is 5.17. The summed E-state index contributed by atoms with van der Waals surface area (Å²) in [7, 11) is 0. The number of aromatic nitrogens is 6. The van der Waals surface area contributed by atoms with Gasteiger partial charge >= 0.3 is 0 Å². The summed E-state index contributed by atoms with van der Waals surface area (Å²) in [5, 5.41) is 7.23. The van der Waals surface area contributed by atoms with Crippen LogP contribution in [0.4, 0.5) is 0 Å². The zero-order valence-corrected chi connectivity index (χ0v) is 49.8. The van der Waals surface area contributed by atoms with Crippen molar-refractivity contribution >= 4 is 0 Å². The molecule has 3 saturated heterocycles. The van der Waals surface area contributed by atoms with Crippen LogP contribution in [0.15, 0.2) is 131 Å². The second kappa shape index (κ2) is 39.3. The summed E-state index contributed by atoms with van der Waals surface area (Å²) in [5.74, 6) is 6.26. The summed E-state index contributed by atoms with van der Waals surface area (Å²) in [4.78, 5) is 16.1. The zero-order valence-electron chi connectivity index (χ0n) is 49.8. The van der Waals surface area contributed by atoms with Gasteiger partial charge in [-0.15, -0.1) is 10.2 Å². The Bertz CT molecular complexity index is 1910. The largest absolute Gasteiger partial charge is 0.449 e. The van der Waals surface area contributed by atoms with E-state index in [1.54, 1.807) is 24.9 Å². The van der Waals surface area contributed by atoms with E-state index in [4.69, 9.17) is 27.8 Å². The second-order valence-electron chi connectivity index (χ2n) is 21.6. The molecule has 6 aromatic rings. The number of ether oxygens (including phenoxy) is 4. The molecule has 3 aliphatic rings. The molecule has 0 N–H and O–H groups in total. The van der Waals surface area contributed by atoms with Crippen LogP contribution < -0.4 is 0 Å². The lowest BCUT2D eigenvalue weighted by molar-refractivity contribution is -0.172. The van der Waals surface area contributed by atoms with Crippen LogP contribution in [0.25, 0.3) is 0 Å². The highest BCUT2D eigenvalue weighted by atomic mass is 16.7. The number of nitrogens with zero attached hydrogens (tertiary/aromatic N) is 6. The fraction of sp³-hybridized carbons (Fsp3) is 0.587. The van der Waals surface area contributed by atoms with E-state index in [2.05, 4.69) is 163 Å². The maximum Gasteiger partial charge on any atom is 0.218 e. The highest BCUT2D eigenvalue weighted by Crippen LogP contribution is 2.26. The summed E-state index contributed by atoms with van der Waals surface area (Å²) in [6.45, 7) is 43.9. The number of benzene rings is 1. The molecular weight excluding hydrogens is 937 g/mol. The SMILES string of the molecule is CC(C)C1(C)OCCO1.CC(C)[C@@H]1CCO1.CC(C)[C@H]1CCO1.CC(C)c1ccccc1.CC(C)c1ccccn1.CC(C)c1cccnc1.CC(C)c1cccnc1.CC(C)c1ncco1.CC(C)c1nnco1. The first-order valence-electron chi connectivity index (χ1n) is 27.5. The molecule has 0 amide bonds. The number of rotatable bonds is 9. The van der Waals surface area contributed by atoms with Gasteiger partial charge in [0.2, 0.25) is 12.3 Å². The molecule has 12 nitrogen and oxygen atoms in total. The summed E-state index contributed by atoms with van der Waals surface area (Å²) in [6.07, 6.45) is 17.6. The Morgan fingerprint density at radius 2 is 0.920 bits per heavy atom. The number of hydrogen-bond donors (Lipinski definition) is 0. The fourth-order valence-corrected chi connectivity index (χ4v) is 6.37. The minimum Gasteiger partial charge on any atom is -0.449 e. The molecule has 8 heterocycles. The van der Waals surface area contributed by atoms with Gasteiger partial charge in [-0.2, -0.15) is 0 Å². The van der Waals surface area contributed by atoms with Crippen molar-refractivity contribution in [1.82, 2.24) is 30.1 Å². The highest BCUT2D eigenvalue weighted by Gasteiger charge is 2.34. The topological polar surface area (TPSA) is 141 Å². The van der Waals surface area contributed by atoms with E-state index in [1.165, 1.54) is 35.9 Å². The van der Waals surface area contributed by atoms with Gasteiger partial charge in [-0.1, -0.05) is 173 Å². The lowest BCUT2D eigenvalue weighted by Gasteiger charge is -2.29. The van der Waals surface area contributed by atoms with Crippen molar-refractivity contribution in [3.63, 3.8) is 0 Å². The predicted octanol–water partition coefficient (Wildman–Crippen LogP) is 16.7. The molecule has 2 atom stereocenters. The Morgan fingerprint density at radius 1 is 0.453 bits per heavy atom. The van der Waals surface area contributed by atoms with Gasteiger partial charge in [-0.3, -0.25) is 15.0 Å². The molecule has 0 saturated carbocycles. The van der Waals surface area contributed by atoms with Crippen LogP contribution in [0.5, 0.6) is 0 Å². The van der Waals surface area contributed by atoms with E-state index in [0.717, 1.165) is 49.8 Å². The lowest BCUT2D eigenvalue weighted by atomic mass is 10.0. The molecule has 3 aliphatic heterocycles. The van der Waals surface area contributed by atoms with Crippen molar-refractivity contribution in [3.8, 4) is 0 Å². The minimum atomic E-state index is -0.306. The summed E-state index contributed by atoms with van der Waals surface area (Å²) in [6, 6.07) is 24.6. The first kappa shape index (κ1) is 67.9. The van der Waals surface area contributed by atoms with Crippen molar-refractivity contribution < 1.29 is 27.8 Å². The Kier molecular flexibility index (Phi) is 35.5. The van der Waals surface area contributed by atoms with E-state index in [-0.39, 0.29) is 5.79 Å². The Balaban J connectivity index is 0.000000422. The van der Waals surface area contributed by atoms with Crippen molar-refractivity contribution in [1.29, 1.82) is 0 Å². The number of oxazole rings is 1. The molecule has 1 aromatic carbocycles. The van der Waals surface area contributed by atoms with Crippen LogP contribution >= 0.6 is 0 Å². The van der Waals surface area contributed by atoms with Gasteiger partial charge in [0.1, 0.15) is 6.26 Å². The zero-order chi connectivity index (χ0) is 56.2. The smallest absolute Gasteiger partial charge is 0.218 e. The van der Waals surface area contributed by atoms with Gasteiger partial charge < -0.3 is 27.8 Å². The molecule has 75 heavy (non-hydrogen) atoms. The molecule has 0 aliphatic carbocycles. The minimum absolute atomic E-state index is 0.306. The molecule has 0 radical (unpaired) electrons. The van der Waals surface area contributed by atoms with Crippen LogP contribution in [0.3, 0.4) is 0 Å². The van der Waals surface area contributed by atoms with Crippen molar-refractivity contribution in [2.75, 3.05) is 26.4 Å². The summed E-state index contributed by atoms with van der Waals surface area (Å²) >= 11 is 0. The van der Waals surface area contributed by atoms with Crippen molar-refractivity contribution in [3.05, 3.63) is 157 Å². The molecule has 0 unspecified atom stereocenters. The van der Waals surface area contributed by atoms with E-state index >= 15 is 0 Å². The quantitative estimate of drug-likeness (QED) is 0.136. The van der Waals surface area contributed by atoms with Gasteiger partial charge in [0.15, 0.2) is 11.7 Å². The lowest BCUT2D eigenvalue weighted by Crippen LogP contribution is -2.31. The van der Waals surface area contributed by atoms with Crippen LogP contribution in [-0.4, -0.2) is 74.6 Å². The van der Waals surface area contributed by atoms with Crippen LogP contribution in [0, 0.1) is 17.8 Å². The van der Waals surface area contributed by atoms with Crippen LogP contribution in [0.2, 0.25) is 0 Å². The van der Waals surface area contributed by atoms with E-state index in [0.29, 0.717) is 59.5 Å². The molecule has 0 spiro atoms. The molecule has 0 bridgehead atoms. The third kappa shape index (κ3) is 30.9. The Morgan fingerprint density at radius 3 is 1.12 bits per heavy atom. The van der Waals surface area contributed by atoms with Gasteiger partial charge in [0.25, 0.3) is 0 Å². The van der Waals surface area contributed by atoms with Crippen molar-refractivity contribution in [2.45, 2.75) is 198 Å². The normalized spacial score (nSPS) is 15.8. The fourth-order valence-electron chi connectivity index (χ4n) is 6.37. The standard InChI is InChI=1S/C9H12.3C8H11N.C7H14O2.C6H9NO.2C6H12O.C5H8N2O/c1-8(2)9-6-4-3-5-7-9;2*1-7(2)8-4-3-5-9-6-8;1-7(2)8-5-3-4-6-9-8;1-6(2)7(3)8-4-5-9-7;1-5(2)6-7-3-4-8-6;2*1-5(2)6-3-4-7-6;1-4(2)5-7-6-3-8-5/h3-8H,1-2H3;3*3-7H,1-2H3;6H,4-5H2,1-3H3;3-5H,1-2H3;2*5-6H,3-4H2,1-2H3;3-4H,1-2H3/t;;;;;;2*6-;/m......10./s1. The van der Waals surface area contributed by atoms with Crippen LogP contribution in [-0.2, 0) is 18.9 Å². The summed E-state index contributed by atoms with van der Waals surface area (Å²) < 4.78 is 31.0. The molecule has 12 heteroatoms. The Labute approximate surface area is 455 Å². The van der Waals surface area contributed by atoms with Gasteiger partial charge in [-0.25, -0.2) is 4.98 Å². The van der Waals surface area contributed by atoms with E-state index in [1.807, 2.05) is 89.6 Å². The van der Waals surface area contributed by atoms with Gasteiger partial charge in [-0.05, 0) is 96.2 Å². The number of hydrogen-bond acceptors (Lipinski definition) is 12. The Hall–Kier alpha value is -5.14. The summed E-state index contributed by atoms with van der Waals surface area (Å²) in [5.41, 5.74) is 5.19. The van der Waals surface area contributed by atoms with Gasteiger partial charge in [0, 0.05) is 67.6 Å². The number of pyridine rings is 3. The second-order valence-corrected chi connectivity index (χ2v) is 21.6. The van der Waals surface area contributed by atoms with Crippen molar-refractivity contribution in [2.24, 2.45) is 17.8 Å². The van der Waals surface area contributed by atoms with Crippen LogP contribution in [0.1, 0.15) is 214 Å². The third-order valence-corrected chi connectivity index (χ3v) is 12.1.